The first-order chi connectivity index (χ1) is 22.2. The lowest BCUT2D eigenvalue weighted by Gasteiger charge is -2.37. The van der Waals surface area contributed by atoms with E-state index >= 15 is 0 Å². The highest BCUT2D eigenvalue weighted by molar-refractivity contribution is 7.91. The molecular weight excluding hydrogens is 604 g/mol. The van der Waals surface area contributed by atoms with Crippen molar-refractivity contribution < 1.29 is 22.7 Å². The number of aliphatic imine (C=N–C) groups is 1. The van der Waals surface area contributed by atoms with Gasteiger partial charge in [0.1, 0.15) is 17.3 Å². The third kappa shape index (κ3) is 7.75. The van der Waals surface area contributed by atoms with Crippen LogP contribution in [0.2, 0.25) is 0 Å². The fourth-order valence-corrected chi connectivity index (χ4v) is 6.43. The molecule has 3 heterocycles. The van der Waals surface area contributed by atoms with Gasteiger partial charge in [-0.15, -0.1) is 0 Å². The van der Waals surface area contributed by atoms with Gasteiger partial charge >= 0.3 is 0 Å². The van der Waals surface area contributed by atoms with Crippen molar-refractivity contribution >= 4 is 38.7 Å². The van der Waals surface area contributed by atoms with E-state index in [1.165, 1.54) is 19.3 Å². The number of rotatable bonds is 10. The number of anilines is 2. The molecule has 1 N–H and O–H groups in total. The Morgan fingerprint density at radius 2 is 1.57 bits per heavy atom. The summed E-state index contributed by atoms with van der Waals surface area (Å²) in [4.78, 5) is 42.4. The molecule has 0 aliphatic carbocycles. The quantitative estimate of drug-likeness (QED) is 0.143. The number of nitrogens with zero attached hydrogens (tertiary/aromatic N) is 5. The van der Waals surface area contributed by atoms with Crippen LogP contribution in [0.25, 0.3) is 0 Å². The van der Waals surface area contributed by atoms with Crippen LogP contribution in [0.3, 0.4) is 0 Å². The molecule has 4 aromatic rings. The SMILES string of the molecule is CCCS(=O)(=O)c1ccc(N2CCN(C(=NC)c3ccc(C(=O)Nc4ccc(Oc5ccc(C(C)=O)cc5)nc4)cn3)CC2)cc1. The van der Waals surface area contributed by atoms with Crippen LogP contribution in [0.15, 0.2) is 95.1 Å². The van der Waals surface area contributed by atoms with E-state index in [0.717, 1.165) is 24.6 Å². The maximum Gasteiger partial charge on any atom is 0.257 e. The average molecular weight is 641 g/mol. The number of piperazine rings is 1. The number of Topliss-reactive ketones (excluding diaryl/α,β-unsaturated/α-hetero) is 1. The van der Waals surface area contributed by atoms with E-state index in [0.29, 0.717) is 58.5 Å². The maximum absolute atomic E-state index is 12.9. The van der Waals surface area contributed by atoms with E-state index in [2.05, 4.69) is 30.1 Å². The van der Waals surface area contributed by atoms with Crippen LogP contribution in [-0.4, -0.2) is 79.8 Å². The van der Waals surface area contributed by atoms with Crippen molar-refractivity contribution in [1.82, 2.24) is 14.9 Å². The molecule has 5 rings (SSSR count). The van der Waals surface area contributed by atoms with Gasteiger partial charge in [0, 0.05) is 56.7 Å². The van der Waals surface area contributed by atoms with Crippen molar-refractivity contribution in [2.24, 2.45) is 4.99 Å². The highest BCUT2D eigenvalue weighted by Gasteiger charge is 2.22. The zero-order valence-electron chi connectivity index (χ0n) is 26.0. The first kappa shape index (κ1) is 32.3. The average Bonchev–Trinajstić information content (AvgIpc) is 3.07. The highest BCUT2D eigenvalue weighted by Crippen LogP contribution is 2.23. The van der Waals surface area contributed by atoms with Gasteiger partial charge in [0.15, 0.2) is 15.6 Å². The van der Waals surface area contributed by atoms with Crippen LogP contribution in [0.4, 0.5) is 11.4 Å². The van der Waals surface area contributed by atoms with E-state index in [1.807, 2.05) is 19.1 Å². The van der Waals surface area contributed by atoms with Crippen molar-refractivity contribution in [3.63, 3.8) is 0 Å². The molecule has 11 nitrogen and oxygen atoms in total. The van der Waals surface area contributed by atoms with Crippen LogP contribution in [0.1, 0.15) is 46.7 Å². The molecule has 0 unspecified atom stereocenters. The molecular formula is C34H36N6O5S. The first-order valence-electron chi connectivity index (χ1n) is 15.0. The molecule has 12 heteroatoms. The first-order valence-corrected chi connectivity index (χ1v) is 16.6. The van der Waals surface area contributed by atoms with Gasteiger partial charge in [0.25, 0.3) is 5.91 Å². The minimum absolute atomic E-state index is 0.0212. The van der Waals surface area contributed by atoms with Gasteiger partial charge in [-0.2, -0.15) is 0 Å². The molecule has 1 fully saturated rings. The number of benzene rings is 2. The molecule has 1 saturated heterocycles. The van der Waals surface area contributed by atoms with E-state index < -0.39 is 9.84 Å². The Labute approximate surface area is 268 Å². The Morgan fingerprint density at radius 3 is 2.13 bits per heavy atom. The lowest BCUT2D eigenvalue weighted by Crippen LogP contribution is -2.49. The smallest absolute Gasteiger partial charge is 0.257 e. The molecule has 1 aliphatic heterocycles. The molecule has 238 valence electrons. The second-order valence-electron chi connectivity index (χ2n) is 10.8. The van der Waals surface area contributed by atoms with E-state index in [-0.39, 0.29) is 17.4 Å². The second-order valence-corrected chi connectivity index (χ2v) is 12.9. The summed E-state index contributed by atoms with van der Waals surface area (Å²) in [6.07, 6.45) is 3.61. The van der Waals surface area contributed by atoms with Crippen LogP contribution in [-0.2, 0) is 9.84 Å². The number of ether oxygens (including phenoxy) is 1. The van der Waals surface area contributed by atoms with Gasteiger partial charge in [-0.25, -0.2) is 13.4 Å². The lowest BCUT2D eigenvalue weighted by molar-refractivity contribution is 0.101. The molecule has 2 aromatic carbocycles. The van der Waals surface area contributed by atoms with Gasteiger partial charge in [-0.05, 0) is 80.1 Å². The molecule has 0 bridgehead atoms. The van der Waals surface area contributed by atoms with Crippen LogP contribution >= 0.6 is 0 Å². The summed E-state index contributed by atoms with van der Waals surface area (Å²) in [6, 6.07) is 20.7. The highest BCUT2D eigenvalue weighted by atomic mass is 32.2. The monoisotopic (exact) mass is 640 g/mol. The molecule has 0 radical (unpaired) electrons. The summed E-state index contributed by atoms with van der Waals surface area (Å²) in [5.74, 6) is 1.43. The summed E-state index contributed by atoms with van der Waals surface area (Å²) < 4.78 is 30.4. The summed E-state index contributed by atoms with van der Waals surface area (Å²) in [5, 5.41) is 2.82. The van der Waals surface area contributed by atoms with Crippen molar-refractivity contribution in [2.75, 3.05) is 49.2 Å². The standard InChI is InChI=1S/C34H36N6O5S/c1-4-21-46(43,44)30-13-9-28(10-14-30)39-17-19-40(20-18-39)33(35-3)31-15-7-26(22-36-31)34(42)38-27-8-16-32(37-23-27)45-29-11-5-25(6-12-29)24(2)41/h5-16,22-23H,4,17-21H2,1-3H3,(H,38,42). The van der Waals surface area contributed by atoms with Crippen molar-refractivity contribution in [2.45, 2.75) is 25.2 Å². The number of aromatic nitrogens is 2. The molecule has 0 spiro atoms. The molecule has 0 saturated carbocycles. The summed E-state index contributed by atoms with van der Waals surface area (Å²) in [7, 11) is -1.52. The van der Waals surface area contributed by atoms with Crippen LogP contribution in [0.5, 0.6) is 11.6 Å². The zero-order valence-corrected chi connectivity index (χ0v) is 26.8. The summed E-state index contributed by atoms with van der Waals surface area (Å²) in [6.45, 7) is 6.27. The third-order valence-corrected chi connectivity index (χ3v) is 9.49. The number of pyridine rings is 2. The number of ketones is 1. The number of nitrogens with one attached hydrogen (secondary N) is 1. The Kier molecular flexibility index (Phi) is 10.1. The van der Waals surface area contributed by atoms with Gasteiger partial charge in [-0.1, -0.05) is 6.92 Å². The Bertz CT molecular complexity index is 1800. The predicted molar refractivity (Wildman–Crippen MR) is 178 cm³/mol. The zero-order chi connectivity index (χ0) is 32.7. The summed E-state index contributed by atoms with van der Waals surface area (Å²) >= 11 is 0. The fraction of sp³-hybridized carbons (Fsp3) is 0.265. The van der Waals surface area contributed by atoms with Gasteiger partial charge in [0.2, 0.25) is 5.88 Å². The van der Waals surface area contributed by atoms with Crippen molar-refractivity contribution in [1.29, 1.82) is 0 Å². The molecule has 0 atom stereocenters. The lowest BCUT2D eigenvalue weighted by atomic mass is 10.1. The Morgan fingerprint density at radius 1 is 0.870 bits per heavy atom. The van der Waals surface area contributed by atoms with Crippen molar-refractivity contribution in [3.05, 3.63) is 102 Å². The molecule has 1 amide bonds. The number of amidine groups is 1. The normalized spacial score (nSPS) is 13.8. The van der Waals surface area contributed by atoms with Crippen molar-refractivity contribution in [3.8, 4) is 11.6 Å². The Hall–Kier alpha value is -5.10. The Balaban J connectivity index is 1.14. The molecule has 2 aromatic heterocycles. The van der Waals surface area contributed by atoms with Gasteiger partial charge in [-0.3, -0.25) is 19.6 Å². The number of carbonyl (C=O) groups is 2. The topological polar surface area (TPSA) is 134 Å². The number of carbonyl (C=O) groups excluding carboxylic acids is 2. The molecule has 1 aliphatic rings. The van der Waals surface area contributed by atoms with Gasteiger partial charge < -0.3 is 19.9 Å². The largest absolute Gasteiger partial charge is 0.439 e. The maximum atomic E-state index is 12.9. The molecule has 46 heavy (non-hydrogen) atoms. The summed E-state index contributed by atoms with van der Waals surface area (Å²) in [5.41, 5.74) is 3.13. The number of amides is 1. The van der Waals surface area contributed by atoms with Gasteiger partial charge in [0.05, 0.1) is 28.1 Å². The van der Waals surface area contributed by atoms with E-state index in [1.54, 1.807) is 67.7 Å². The van der Waals surface area contributed by atoms with E-state index in [4.69, 9.17) is 4.74 Å². The number of hydrogen-bond donors (Lipinski definition) is 1. The van der Waals surface area contributed by atoms with Crippen LogP contribution < -0.4 is 15.0 Å². The third-order valence-electron chi connectivity index (χ3n) is 7.56. The fourth-order valence-electron chi connectivity index (χ4n) is 5.10. The number of sulfone groups is 1. The predicted octanol–water partition coefficient (Wildman–Crippen LogP) is 5.11. The second kappa shape index (κ2) is 14.3. The van der Waals surface area contributed by atoms with E-state index in [9.17, 15) is 18.0 Å². The minimum atomic E-state index is -3.24. The van der Waals surface area contributed by atoms with Crippen LogP contribution in [0, 0.1) is 0 Å². The minimum Gasteiger partial charge on any atom is -0.439 e. The number of hydrogen-bond acceptors (Lipinski definition) is 9.